The quantitative estimate of drug-likeness (QED) is 0.923. The summed E-state index contributed by atoms with van der Waals surface area (Å²) in [5, 5.41) is 1.09. The van der Waals surface area contributed by atoms with E-state index >= 15 is 0 Å². The van der Waals surface area contributed by atoms with Crippen molar-refractivity contribution in [3.8, 4) is 0 Å². The highest BCUT2D eigenvalue weighted by Crippen LogP contribution is 2.36. The zero-order valence-electron chi connectivity index (χ0n) is 13.2. The van der Waals surface area contributed by atoms with Gasteiger partial charge in [-0.25, -0.2) is 9.37 Å². The number of nitrogens with one attached hydrogen (secondary N) is 1. The summed E-state index contributed by atoms with van der Waals surface area (Å²) in [5.41, 5.74) is 5.08. The second-order valence-corrected chi connectivity index (χ2v) is 6.16. The molecule has 4 rings (SSSR count). The van der Waals surface area contributed by atoms with E-state index in [0.717, 1.165) is 59.7 Å². The van der Waals surface area contributed by atoms with E-state index in [-0.39, 0.29) is 0 Å². The number of halogens is 1. The van der Waals surface area contributed by atoms with Gasteiger partial charge in [-0.1, -0.05) is 11.6 Å². The number of aromatic amines is 1. The summed E-state index contributed by atoms with van der Waals surface area (Å²) in [6.07, 6.45) is 7.05. The van der Waals surface area contributed by atoms with E-state index in [1.165, 1.54) is 0 Å². The van der Waals surface area contributed by atoms with Crippen molar-refractivity contribution in [1.29, 1.82) is 0 Å². The third-order valence-electron chi connectivity index (χ3n) is 4.51. The van der Waals surface area contributed by atoms with Crippen LogP contribution in [0.5, 0.6) is 0 Å². The van der Waals surface area contributed by atoms with Crippen molar-refractivity contribution in [3.63, 3.8) is 0 Å². The number of morpholine rings is 1. The molecule has 0 aromatic carbocycles. The number of hydrogen-bond acceptors (Lipinski definition) is 3. The predicted octanol–water partition coefficient (Wildman–Crippen LogP) is 3.47. The SMILES string of the molecule is CC1=CC(F)CC(c2c[nH]c3nccc(N4CCOCC4)c23)=C1. The highest BCUT2D eigenvalue weighted by atomic mass is 19.1. The molecule has 1 aliphatic heterocycles. The van der Waals surface area contributed by atoms with Crippen LogP contribution in [0, 0.1) is 0 Å². The fraction of sp³-hybridized carbons (Fsp3) is 0.389. The first-order chi connectivity index (χ1) is 11.2. The van der Waals surface area contributed by atoms with Crippen molar-refractivity contribution >= 4 is 22.3 Å². The van der Waals surface area contributed by atoms with Gasteiger partial charge in [-0.15, -0.1) is 0 Å². The monoisotopic (exact) mass is 313 g/mol. The Kier molecular flexibility index (Phi) is 3.65. The zero-order chi connectivity index (χ0) is 15.8. The van der Waals surface area contributed by atoms with Gasteiger partial charge in [-0.05, 0) is 24.6 Å². The van der Waals surface area contributed by atoms with Gasteiger partial charge >= 0.3 is 0 Å². The van der Waals surface area contributed by atoms with Crippen molar-refractivity contribution < 1.29 is 9.13 Å². The third-order valence-corrected chi connectivity index (χ3v) is 4.51. The molecule has 1 atom stereocenters. The Morgan fingerprint density at radius 1 is 1.35 bits per heavy atom. The number of pyridine rings is 1. The van der Waals surface area contributed by atoms with Crippen molar-refractivity contribution in [3.05, 3.63) is 41.7 Å². The summed E-state index contributed by atoms with van der Waals surface area (Å²) < 4.78 is 19.4. The second kappa shape index (κ2) is 5.81. The number of H-pyrrole nitrogens is 1. The highest BCUT2D eigenvalue weighted by Gasteiger charge is 2.21. The van der Waals surface area contributed by atoms with Crippen LogP contribution in [-0.4, -0.2) is 42.4 Å². The van der Waals surface area contributed by atoms with Crippen LogP contribution in [0.2, 0.25) is 0 Å². The lowest BCUT2D eigenvalue weighted by molar-refractivity contribution is 0.123. The molecule has 0 radical (unpaired) electrons. The van der Waals surface area contributed by atoms with Crippen molar-refractivity contribution in [2.45, 2.75) is 19.5 Å². The van der Waals surface area contributed by atoms with Crippen molar-refractivity contribution in [2.24, 2.45) is 0 Å². The minimum Gasteiger partial charge on any atom is -0.378 e. The van der Waals surface area contributed by atoms with E-state index in [9.17, 15) is 4.39 Å². The lowest BCUT2D eigenvalue weighted by Gasteiger charge is -2.29. The summed E-state index contributed by atoms with van der Waals surface area (Å²) in [5.74, 6) is 0. The maximum absolute atomic E-state index is 14.0. The maximum atomic E-state index is 14.0. The Morgan fingerprint density at radius 2 is 2.17 bits per heavy atom. The molecule has 1 N–H and O–H groups in total. The molecule has 5 heteroatoms. The number of aromatic nitrogens is 2. The molecular weight excluding hydrogens is 293 g/mol. The summed E-state index contributed by atoms with van der Waals surface area (Å²) in [6.45, 7) is 5.16. The lowest BCUT2D eigenvalue weighted by atomic mass is 9.93. The number of nitrogens with zero attached hydrogens (tertiary/aromatic N) is 2. The molecule has 2 aromatic heterocycles. The molecule has 3 heterocycles. The van der Waals surface area contributed by atoms with E-state index < -0.39 is 6.17 Å². The average molecular weight is 313 g/mol. The Bertz CT molecular complexity index is 787. The maximum Gasteiger partial charge on any atom is 0.139 e. The topological polar surface area (TPSA) is 41.2 Å². The second-order valence-electron chi connectivity index (χ2n) is 6.16. The summed E-state index contributed by atoms with van der Waals surface area (Å²) in [4.78, 5) is 10.0. The van der Waals surface area contributed by atoms with Gasteiger partial charge in [0.05, 0.1) is 18.9 Å². The Hall–Kier alpha value is -2.14. The number of ether oxygens (including phenoxy) is 1. The smallest absolute Gasteiger partial charge is 0.139 e. The molecule has 1 aliphatic carbocycles. The third kappa shape index (κ3) is 2.65. The van der Waals surface area contributed by atoms with Crippen LogP contribution in [0.3, 0.4) is 0 Å². The molecule has 0 saturated carbocycles. The Morgan fingerprint density at radius 3 is 2.96 bits per heavy atom. The molecule has 2 aromatic rings. The standard InChI is InChI=1S/C18H20FN3O/c1-12-8-13(10-14(19)9-12)15-11-21-18-17(15)16(2-3-20-18)22-4-6-23-7-5-22/h2-3,8-9,11,14H,4-7,10H2,1H3,(H,20,21). The fourth-order valence-electron chi connectivity index (χ4n) is 3.48. The van der Waals surface area contributed by atoms with E-state index in [1.54, 1.807) is 6.08 Å². The van der Waals surface area contributed by atoms with Crippen LogP contribution in [0.4, 0.5) is 10.1 Å². The fourth-order valence-corrected chi connectivity index (χ4v) is 3.48. The van der Waals surface area contributed by atoms with E-state index in [2.05, 4.69) is 20.9 Å². The van der Waals surface area contributed by atoms with Gasteiger partial charge < -0.3 is 14.6 Å². The number of anilines is 1. The molecular formula is C18H20FN3O. The molecule has 1 saturated heterocycles. The van der Waals surface area contributed by atoms with Gasteiger partial charge in [0.15, 0.2) is 0 Å². The largest absolute Gasteiger partial charge is 0.378 e. The molecule has 23 heavy (non-hydrogen) atoms. The molecule has 1 fully saturated rings. The number of hydrogen-bond donors (Lipinski definition) is 1. The van der Waals surface area contributed by atoms with Gasteiger partial charge in [0.1, 0.15) is 11.8 Å². The van der Waals surface area contributed by atoms with Gasteiger partial charge in [0.25, 0.3) is 0 Å². The molecule has 120 valence electrons. The summed E-state index contributed by atoms with van der Waals surface area (Å²) in [6, 6.07) is 2.05. The van der Waals surface area contributed by atoms with Crippen LogP contribution in [0.1, 0.15) is 18.9 Å². The van der Waals surface area contributed by atoms with Crippen LogP contribution < -0.4 is 4.90 Å². The minimum absolute atomic E-state index is 0.418. The van der Waals surface area contributed by atoms with Gasteiger partial charge in [-0.3, -0.25) is 0 Å². The summed E-state index contributed by atoms with van der Waals surface area (Å²) >= 11 is 0. The van der Waals surface area contributed by atoms with Crippen LogP contribution >= 0.6 is 0 Å². The number of rotatable bonds is 2. The number of alkyl halides is 1. The molecule has 4 nitrogen and oxygen atoms in total. The van der Waals surface area contributed by atoms with Crippen LogP contribution in [-0.2, 0) is 4.74 Å². The molecule has 0 amide bonds. The van der Waals surface area contributed by atoms with E-state index in [0.29, 0.717) is 6.42 Å². The van der Waals surface area contributed by atoms with E-state index in [4.69, 9.17) is 4.74 Å². The predicted molar refractivity (Wildman–Crippen MR) is 90.4 cm³/mol. The van der Waals surface area contributed by atoms with E-state index in [1.807, 2.05) is 25.4 Å². The highest BCUT2D eigenvalue weighted by molar-refractivity contribution is 6.00. The molecule has 0 spiro atoms. The van der Waals surface area contributed by atoms with Gasteiger partial charge in [-0.2, -0.15) is 0 Å². The molecule has 0 bridgehead atoms. The van der Waals surface area contributed by atoms with Crippen molar-refractivity contribution in [1.82, 2.24) is 9.97 Å². The number of fused-ring (bicyclic) bond motifs is 1. The first kappa shape index (κ1) is 14.5. The average Bonchev–Trinajstić information content (AvgIpc) is 2.99. The first-order valence-corrected chi connectivity index (χ1v) is 8.04. The van der Waals surface area contributed by atoms with Gasteiger partial charge in [0.2, 0.25) is 0 Å². The van der Waals surface area contributed by atoms with Gasteiger partial charge in [0, 0.05) is 42.9 Å². The number of allylic oxidation sites excluding steroid dienone is 4. The minimum atomic E-state index is -0.913. The Balaban J connectivity index is 1.83. The zero-order valence-corrected chi connectivity index (χ0v) is 13.2. The summed E-state index contributed by atoms with van der Waals surface area (Å²) in [7, 11) is 0. The van der Waals surface area contributed by atoms with Crippen LogP contribution in [0.25, 0.3) is 16.6 Å². The Labute approximate surface area is 134 Å². The lowest BCUT2D eigenvalue weighted by Crippen LogP contribution is -2.36. The van der Waals surface area contributed by atoms with Crippen molar-refractivity contribution in [2.75, 3.05) is 31.2 Å². The first-order valence-electron chi connectivity index (χ1n) is 8.04. The van der Waals surface area contributed by atoms with Crippen LogP contribution in [0.15, 0.2) is 36.2 Å². The molecule has 2 aliphatic rings. The molecule has 1 unspecified atom stereocenters. The normalized spacial score (nSPS) is 22.2.